The quantitative estimate of drug-likeness (QED) is 0.612. The predicted octanol–water partition coefficient (Wildman–Crippen LogP) is 6.17. The fourth-order valence-electron chi connectivity index (χ4n) is 4.64. The second-order valence-electron chi connectivity index (χ2n) is 8.86. The van der Waals surface area contributed by atoms with Gasteiger partial charge in [0.05, 0.1) is 11.6 Å². The third-order valence-corrected chi connectivity index (χ3v) is 6.48. The number of fused-ring (bicyclic) bond motifs is 1. The molecule has 1 unspecified atom stereocenters. The first kappa shape index (κ1) is 20.9. The van der Waals surface area contributed by atoms with Gasteiger partial charge in [0.15, 0.2) is 0 Å². The van der Waals surface area contributed by atoms with Gasteiger partial charge in [0.25, 0.3) is 5.92 Å². The van der Waals surface area contributed by atoms with E-state index in [0.717, 1.165) is 22.1 Å². The Morgan fingerprint density at radius 1 is 1.13 bits per heavy atom. The van der Waals surface area contributed by atoms with Gasteiger partial charge in [0, 0.05) is 12.3 Å². The Kier molecular flexibility index (Phi) is 5.60. The fourth-order valence-corrected chi connectivity index (χ4v) is 4.64. The predicted molar refractivity (Wildman–Crippen MR) is 112 cm³/mol. The second-order valence-corrected chi connectivity index (χ2v) is 8.86. The van der Waals surface area contributed by atoms with Crippen molar-refractivity contribution >= 4 is 16.9 Å². The number of nitrogens with one attached hydrogen (secondary N) is 1. The Hall–Kier alpha value is -2.37. The van der Waals surface area contributed by atoms with Crippen LogP contribution < -0.4 is 10.1 Å². The molecule has 162 valence electrons. The molecule has 2 fully saturated rings. The van der Waals surface area contributed by atoms with Crippen molar-refractivity contribution in [1.29, 1.82) is 0 Å². The third-order valence-electron chi connectivity index (χ3n) is 6.48. The summed E-state index contributed by atoms with van der Waals surface area (Å²) >= 11 is 0. The molecule has 2 aromatic rings. The van der Waals surface area contributed by atoms with Crippen molar-refractivity contribution in [2.24, 2.45) is 5.92 Å². The summed E-state index contributed by atoms with van der Waals surface area (Å²) in [6, 6.07) is 12.0. The number of alkyl carbamates (subject to hydrolysis) is 1. The molecule has 4 rings (SSSR count). The number of carbonyl (C=O) groups excluding carboxylic acids is 1. The van der Waals surface area contributed by atoms with Gasteiger partial charge in [0.2, 0.25) is 0 Å². The van der Waals surface area contributed by atoms with Crippen LogP contribution in [-0.2, 0) is 10.3 Å². The van der Waals surface area contributed by atoms with Crippen LogP contribution in [0.3, 0.4) is 0 Å². The summed E-state index contributed by atoms with van der Waals surface area (Å²) in [6.45, 7) is 4.05. The molecule has 1 N–H and O–H groups in total. The van der Waals surface area contributed by atoms with Gasteiger partial charge in [-0.1, -0.05) is 31.5 Å². The summed E-state index contributed by atoms with van der Waals surface area (Å²) in [4.78, 5) is 11.4. The number of benzene rings is 2. The molecule has 1 atom stereocenters. The largest absolute Gasteiger partial charge is 0.490 e. The Labute approximate surface area is 175 Å². The topological polar surface area (TPSA) is 47.6 Å². The molecule has 30 heavy (non-hydrogen) atoms. The highest BCUT2D eigenvalue weighted by Gasteiger charge is 2.40. The number of rotatable bonds is 6. The molecule has 0 aromatic heterocycles. The highest BCUT2D eigenvalue weighted by molar-refractivity contribution is 5.85. The first-order valence-corrected chi connectivity index (χ1v) is 10.8. The average molecular weight is 417 g/mol. The molecule has 1 aliphatic heterocycles. The monoisotopic (exact) mass is 417 g/mol. The highest BCUT2D eigenvalue weighted by atomic mass is 19.3. The average Bonchev–Trinajstić information content (AvgIpc) is 3.08. The van der Waals surface area contributed by atoms with Crippen molar-refractivity contribution in [3.63, 3.8) is 0 Å². The van der Waals surface area contributed by atoms with E-state index in [1.807, 2.05) is 44.2 Å². The lowest BCUT2D eigenvalue weighted by molar-refractivity contribution is -0.0858. The van der Waals surface area contributed by atoms with E-state index in [2.05, 4.69) is 11.4 Å². The van der Waals surface area contributed by atoms with Gasteiger partial charge >= 0.3 is 6.09 Å². The summed E-state index contributed by atoms with van der Waals surface area (Å²) in [5.41, 5.74) is 0.458. The van der Waals surface area contributed by atoms with Crippen LogP contribution in [0.5, 0.6) is 5.75 Å². The zero-order valence-electron chi connectivity index (χ0n) is 17.5. The Morgan fingerprint density at radius 2 is 1.83 bits per heavy atom. The van der Waals surface area contributed by atoms with E-state index in [4.69, 9.17) is 9.47 Å². The smallest absolute Gasteiger partial charge is 0.408 e. The zero-order valence-corrected chi connectivity index (χ0v) is 17.5. The molecular formula is C24H29F2NO3. The molecule has 1 aliphatic carbocycles. The van der Waals surface area contributed by atoms with E-state index in [9.17, 15) is 13.6 Å². The minimum Gasteiger partial charge on any atom is -0.490 e. The number of cyclic esters (lactones) is 1. The number of hydrogen-bond donors (Lipinski definition) is 1. The lowest BCUT2D eigenvalue weighted by atomic mass is 9.82. The molecule has 2 aromatic carbocycles. The van der Waals surface area contributed by atoms with Gasteiger partial charge in [0.1, 0.15) is 12.4 Å². The minimum absolute atomic E-state index is 0.0137. The van der Waals surface area contributed by atoms with Crippen molar-refractivity contribution in [2.45, 2.75) is 69.9 Å². The molecule has 1 saturated heterocycles. The fraction of sp³-hybridized carbons (Fsp3) is 0.542. The number of carbonyl (C=O) groups is 1. The number of halogens is 2. The molecule has 4 nitrogen and oxygen atoms in total. The summed E-state index contributed by atoms with van der Waals surface area (Å²) in [5, 5.41) is 4.94. The summed E-state index contributed by atoms with van der Waals surface area (Å²) in [6.07, 6.45) is 2.44. The van der Waals surface area contributed by atoms with Crippen LogP contribution in [0.15, 0.2) is 36.4 Å². The highest BCUT2D eigenvalue weighted by Crippen LogP contribution is 2.40. The molecular weight excluding hydrogens is 388 g/mol. The van der Waals surface area contributed by atoms with Gasteiger partial charge in [-0.3, -0.25) is 0 Å². The molecule has 1 heterocycles. The summed E-state index contributed by atoms with van der Waals surface area (Å²) < 4.78 is 39.5. The van der Waals surface area contributed by atoms with E-state index in [1.54, 1.807) is 0 Å². The number of amides is 1. The van der Waals surface area contributed by atoms with Crippen molar-refractivity contribution < 1.29 is 23.0 Å². The maximum atomic E-state index is 14.2. The SMILES string of the molecule is CCCC(F)(F)C1CCC(Oc2ccc3cc(C4(C)COC(=O)N4)ccc3c2)CC1. The van der Waals surface area contributed by atoms with Crippen LogP contribution in [0.4, 0.5) is 13.6 Å². The van der Waals surface area contributed by atoms with Gasteiger partial charge in [-0.25, -0.2) is 13.6 Å². The van der Waals surface area contributed by atoms with Crippen molar-refractivity contribution in [1.82, 2.24) is 5.32 Å². The van der Waals surface area contributed by atoms with Crippen molar-refractivity contribution in [3.8, 4) is 5.75 Å². The maximum absolute atomic E-state index is 14.2. The van der Waals surface area contributed by atoms with E-state index in [0.29, 0.717) is 38.7 Å². The third kappa shape index (κ3) is 4.23. The van der Waals surface area contributed by atoms with Gasteiger partial charge in [-0.05, 0) is 67.1 Å². The van der Waals surface area contributed by atoms with E-state index in [1.165, 1.54) is 0 Å². The first-order chi connectivity index (χ1) is 14.3. The molecule has 0 radical (unpaired) electrons. The van der Waals surface area contributed by atoms with Crippen LogP contribution in [0.1, 0.15) is 57.9 Å². The van der Waals surface area contributed by atoms with Crippen LogP contribution in [0, 0.1) is 5.92 Å². The van der Waals surface area contributed by atoms with Gasteiger partial charge in [-0.15, -0.1) is 0 Å². The Bertz CT molecular complexity index is 924. The molecule has 0 bridgehead atoms. The van der Waals surface area contributed by atoms with Crippen LogP contribution in [-0.4, -0.2) is 24.7 Å². The lowest BCUT2D eigenvalue weighted by Gasteiger charge is -2.33. The van der Waals surface area contributed by atoms with Gasteiger partial charge in [-0.2, -0.15) is 0 Å². The van der Waals surface area contributed by atoms with E-state index < -0.39 is 23.5 Å². The van der Waals surface area contributed by atoms with Crippen molar-refractivity contribution in [2.75, 3.05) is 6.61 Å². The standard InChI is InChI=1S/C24H29F2NO3/c1-3-12-24(25,26)18-7-10-20(11-8-18)30-21-9-5-16-13-19(6-4-17(16)14-21)23(2)15-29-22(28)27-23/h4-6,9,13-14,18,20H,3,7-8,10-12,15H2,1-2H3,(H,27,28). The van der Waals surface area contributed by atoms with E-state index in [-0.39, 0.29) is 12.5 Å². The Balaban J connectivity index is 1.41. The normalized spacial score (nSPS) is 27.0. The number of ether oxygens (including phenoxy) is 2. The molecule has 1 amide bonds. The summed E-state index contributed by atoms with van der Waals surface area (Å²) in [5.74, 6) is -2.31. The van der Waals surface area contributed by atoms with Crippen LogP contribution in [0.25, 0.3) is 10.8 Å². The van der Waals surface area contributed by atoms with Gasteiger partial charge < -0.3 is 14.8 Å². The molecule has 6 heteroatoms. The molecule has 2 aliphatic rings. The summed E-state index contributed by atoms with van der Waals surface area (Å²) in [7, 11) is 0. The minimum atomic E-state index is -2.55. The maximum Gasteiger partial charge on any atom is 0.408 e. The molecule has 0 spiro atoms. The lowest BCUT2D eigenvalue weighted by Crippen LogP contribution is -2.37. The van der Waals surface area contributed by atoms with Crippen LogP contribution >= 0.6 is 0 Å². The van der Waals surface area contributed by atoms with E-state index >= 15 is 0 Å². The number of hydrogen-bond acceptors (Lipinski definition) is 3. The van der Waals surface area contributed by atoms with Crippen LogP contribution in [0.2, 0.25) is 0 Å². The second kappa shape index (κ2) is 8.05. The van der Waals surface area contributed by atoms with Crippen molar-refractivity contribution in [3.05, 3.63) is 42.0 Å². The first-order valence-electron chi connectivity index (χ1n) is 10.8. The number of alkyl halides is 2. The Morgan fingerprint density at radius 3 is 2.50 bits per heavy atom. The molecule has 1 saturated carbocycles. The zero-order chi connectivity index (χ0) is 21.4.